The van der Waals surface area contributed by atoms with Crippen molar-refractivity contribution in [2.24, 2.45) is 11.8 Å². The standard InChI is InChI=1S/C16H20BrNO/c17-15-5-6-16(14(9-15)11-19)18-8-7-12-3-1-2-4-13(12)10-18/h5-6,9,11-13H,1-4,7-8,10H2. The van der Waals surface area contributed by atoms with Crippen LogP contribution in [-0.4, -0.2) is 19.4 Å². The number of anilines is 1. The van der Waals surface area contributed by atoms with Gasteiger partial charge in [0.2, 0.25) is 0 Å². The summed E-state index contributed by atoms with van der Waals surface area (Å²) in [6, 6.07) is 6.04. The first-order valence-electron chi connectivity index (χ1n) is 7.27. The van der Waals surface area contributed by atoms with E-state index in [9.17, 15) is 4.79 Å². The molecule has 102 valence electrons. The molecule has 0 amide bonds. The van der Waals surface area contributed by atoms with Crippen LogP contribution in [0, 0.1) is 11.8 Å². The normalized spacial score (nSPS) is 26.9. The van der Waals surface area contributed by atoms with Crippen LogP contribution in [0.5, 0.6) is 0 Å². The van der Waals surface area contributed by atoms with Gasteiger partial charge in [-0.2, -0.15) is 0 Å². The van der Waals surface area contributed by atoms with E-state index < -0.39 is 0 Å². The Morgan fingerprint density at radius 1 is 1.16 bits per heavy atom. The smallest absolute Gasteiger partial charge is 0.152 e. The second kappa shape index (κ2) is 5.66. The van der Waals surface area contributed by atoms with Crippen LogP contribution in [0.25, 0.3) is 0 Å². The zero-order chi connectivity index (χ0) is 13.2. The Morgan fingerprint density at radius 3 is 2.74 bits per heavy atom. The van der Waals surface area contributed by atoms with Crippen molar-refractivity contribution in [3.63, 3.8) is 0 Å². The SMILES string of the molecule is O=Cc1cc(Br)ccc1N1CCC2CCCCC2C1. The fourth-order valence-corrected chi connectivity index (χ4v) is 4.11. The monoisotopic (exact) mass is 321 g/mol. The molecular weight excluding hydrogens is 302 g/mol. The number of fused-ring (bicyclic) bond motifs is 1. The molecule has 1 saturated heterocycles. The van der Waals surface area contributed by atoms with Crippen LogP contribution in [0.2, 0.25) is 0 Å². The second-order valence-corrected chi connectivity index (χ2v) is 6.78. The van der Waals surface area contributed by atoms with Crippen LogP contribution >= 0.6 is 15.9 Å². The molecular formula is C16H20BrNO. The highest BCUT2D eigenvalue weighted by atomic mass is 79.9. The van der Waals surface area contributed by atoms with Gasteiger partial charge in [0.25, 0.3) is 0 Å². The third kappa shape index (κ3) is 2.71. The Hall–Kier alpha value is -0.830. The summed E-state index contributed by atoms with van der Waals surface area (Å²) in [5, 5.41) is 0. The molecule has 0 radical (unpaired) electrons. The highest BCUT2D eigenvalue weighted by Gasteiger charge is 2.31. The fraction of sp³-hybridized carbons (Fsp3) is 0.562. The molecule has 1 aromatic carbocycles. The number of halogens is 1. The van der Waals surface area contributed by atoms with Crippen LogP contribution < -0.4 is 4.90 Å². The van der Waals surface area contributed by atoms with Crippen LogP contribution in [0.3, 0.4) is 0 Å². The number of benzene rings is 1. The van der Waals surface area contributed by atoms with Gasteiger partial charge in [0.15, 0.2) is 6.29 Å². The number of carbonyl (C=O) groups is 1. The van der Waals surface area contributed by atoms with Crippen molar-refractivity contribution in [1.82, 2.24) is 0 Å². The Kier molecular flexibility index (Phi) is 3.92. The molecule has 2 unspecified atom stereocenters. The maximum atomic E-state index is 11.3. The molecule has 3 heteroatoms. The number of carbonyl (C=O) groups excluding carboxylic acids is 1. The van der Waals surface area contributed by atoms with E-state index >= 15 is 0 Å². The van der Waals surface area contributed by atoms with Crippen LogP contribution in [0.1, 0.15) is 42.5 Å². The quantitative estimate of drug-likeness (QED) is 0.758. The third-order valence-corrected chi connectivity index (χ3v) is 5.24. The van der Waals surface area contributed by atoms with Gasteiger partial charge in [-0.05, 0) is 42.9 Å². The van der Waals surface area contributed by atoms with Crippen molar-refractivity contribution in [3.05, 3.63) is 28.2 Å². The van der Waals surface area contributed by atoms with E-state index in [4.69, 9.17) is 0 Å². The van der Waals surface area contributed by atoms with Gasteiger partial charge in [0, 0.05) is 28.8 Å². The second-order valence-electron chi connectivity index (χ2n) is 5.86. The maximum Gasteiger partial charge on any atom is 0.152 e. The van der Waals surface area contributed by atoms with Crippen molar-refractivity contribution in [2.45, 2.75) is 32.1 Å². The summed E-state index contributed by atoms with van der Waals surface area (Å²) < 4.78 is 0.978. The highest BCUT2D eigenvalue weighted by molar-refractivity contribution is 9.10. The van der Waals surface area contributed by atoms with Crippen LogP contribution in [0.4, 0.5) is 5.69 Å². The van der Waals surface area contributed by atoms with Gasteiger partial charge in [0.1, 0.15) is 0 Å². The number of piperidine rings is 1. The van der Waals surface area contributed by atoms with Crippen molar-refractivity contribution >= 4 is 27.9 Å². The van der Waals surface area contributed by atoms with E-state index in [0.29, 0.717) is 0 Å². The number of aldehydes is 1. The fourth-order valence-electron chi connectivity index (χ4n) is 3.73. The largest absolute Gasteiger partial charge is 0.371 e. The van der Waals surface area contributed by atoms with E-state index in [-0.39, 0.29) is 0 Å². The molecule has 2 atom stereocenters. The molecule has 3 rings (SSSR count). The number of hydrogen-bond acceptors (Lipinski definition) is 2. The Labute approximate surface area is 123 Å². The molecule has 2 fully saturated rings. The Morgan fingerprint density at radius 2 is 1.95 bits per heavy atom. The van der Waals surface area contributed by atoms with E-state index in [1.165, 1.54) is 32.1 Å². The van der Waals surface area contributed by atoms with Gasteiger partial charge < -0.3 is 4.90 Å². The third-order valence-electron chi connectivity index (χ3n) is 4.75. The lowest BCUT2D eigenvalue weighted by molar-refractivity contribution is 0.112. The van der Waals surface area contributed by atoms with Gasteiger partial charge in [-0.15, -0.1) is 0 Å². The summed E-state index contributed by atoms with van der Waals surface area (Å²) in [5.41, 5.74) is 1.92. The summed E-state index contributed by atoms with van der Waals surface area (Å²) in [7, 11) is 0. The molecule has 0 N–H and O–H groups in total. The summed E-state index contributed by atoms with van der Waals surface area (Å²) in [5.74, 6) is 1.77. The highest BCUT2D eigenvalue weighted by Crippen LogP contribution is 2.38. The van der Waals surface area contributed by atoms with Crippen LogP contribution in [0.15, 0.2) is 22.7 Å². The first-order valence-corrected chi connectivity index (χ1v) is 8.07. The molecule has 1 saturated carbocycles. The molecule has 1 heterocycles. The lowest BCUT2D eigenvalue weighted by Gasteiger charge is -2.42. The average Bonchev–Trinajstić information content (AvgIpc) is 2.46. The molecule has 1 aliphatic carbocycles. The predicted molar refractivity (Wildman–Crippen MR) is 81.8 cm³/mol. The molecule has 0 aromatic heterocycles. The summed E-state index contributed by atoms with van der Waals surface area (Å²) in [6.07, 6.45) is 7.86. The van der Waals surface area contributed by atoms with E-state index in [2.05, 4.69) is 26.9 Å². The van der Waals surface area contributed by atoms with Gasteiger partial charge in [-0.1, -0.05) is 35.2 Å². The lowest BCUT2D eigenvalue weighted by Crippen LogP contribution is -2.42. The van der Waals surface area contributed by atoms with Crippen molar-refractivity contribution < 1.29 is 4.79 Å². The van der Waals surface area contributed by atoms with Gasteiger partial charge in [0.05, 0.1) is 0 Å². The molecule has 19 heavy (non-hydrogen) atoms. The predicted octanol–water partition coefficient (Wildman–Crippen LogP) is 4.28. The molecule has 0 bridgehead atoms. The average molecular weight is 322 g/mol. The van der Waals surface area contributed by atoms with E-state index in [0.717, 1.165) is 46.9 Å². The minimum atomic E-state index is 0.809. The molecule has 1 aromatic rings. The van der Waals surface area contributed by atoms with E-state index in [1.54, 1.807) is 0 Å². The summed E-state index contributed by atoms with van der Waals surface area (Å²) in [4.78, 5) is 13.7. The minimum Gasteiger partial charge on any atom is -0.371 e. The number of rotatable bonds is 2. The Balaban J connectivity index is 1.81. The Bertz CT molecular complexity index is 474. The summed E-state index contributed by atoms with van der Waals surface area (Å²) in [6.45, 7) is 2.23. The lowest BCUT2D eigenvalue weighted by atomic mass is 9.75. The summed E-state index contributed by atoms with van der Waals surface area (Å²) >= 11 is 3.44. The van der Waals surface area contributed by atoms with Crippen molar-refractivity contribution in [1.29, 1.82) is 0 Å². The van der Waals surface area contributed by atoms with E-state index in [1.807, 2.05) is 12.1 Å². The molecule has 1 aliphatic heterocycles. The number of nitrogens with zero attached hydrogens (tertiary/aromatic N) is 1. The van der Waals surface area contributed by atoms with Crippen molar-refractivity contribution in [3.8, 4) is 0 Å². The first kappa shape index (κ1) is 13.2. The van der Waals surface area contributed by atoms with Gasteiger partial charge in [-0.3, -0.25) is 4.79 Å². The first-order chi connectivity index (χ1) is 9.28. The zero-order valence-corrected chi connectivity index (χ0v) is 12.7. The maximum absolute atomic E-state index is 11.3. The molecule has 2 aliphatic rings. The van der Waals surface area contributed by atoms with Crippen molar-refractivity contribution in [2.75, 3.05) is 18.0 Å². The number of hydrogen-bond donors (Lipinski definition) is 0. The molecule has 2 nitrogen and oxygen atoms in total. The minimum absolute atomic E-state index is 0.809. The van der Waals surface area contributed by atoms with Gasteiger partial charge in [-0.25, -0.2) is 0 Å². The van der Waals surface area contributed by atoms with Crippen LogP contribution in [-0.2, 0) is 0 Å². The topological polar surface area (TPSA) is 20.3 Å². The van der Waals surface area contributed by atoms with Gasteiger partial charge >= 0.3 is 0 Å². The molecule has 0 spiro atoms. The zero-order valence-electron chi connectivity index (χ0n) is 11.1.